The van der Waals surface area contributed by atoms with Crippen LogP contribution in [0.3, 0.4) is 0 Å². The van der Waals surface area contributed by atoms with Crippen LogP contribution in [-0.4, -0.2) is 20.5 Å². The fourth-order valence-electron chi connectivity index (χ4n) is 0. The minimum atomic E-state index is 1.94. The second-order valence-electron chi connectivity index (χ2n) is 1.06. The maximum Gasteiger partial charge on any atom is 0.0491 e. The minimum absolute atomic E-state index is 1.94. The van der Waals surface area contributed by atoms with Crippen LogP contribution in [0.4, 0.5) is 0 Å². The van der Waals surface area contributed by atoms with Gasteiger partial charge in [-0.1, -0.05) is 0 Å². The van der Waals surface area contributed by atoms with Crippen LogP contribution in [0.25, 0.3) is 0 Å². The van der Waals surface area contributed by atoms with E-state index >= 15 is 0 Å². The van der Waals surface area contributed by atoms with E-state index in [2.05, 4.69) is 45.7 Å². The summed E-state index contributed by atoms with van der Waals surface area (Å²) in [5.74, 6) is 0. The Morgan fingerprint density at radius 2 is 1.33 bits per heavy atom. The first-order chi connectivity index (χ1) is 2.64. The van der Waals surface area contributed by atoms with Crippen LogP contribution in [0, 0.1) is 0 Å². The Morgan fingerprint density at radius 3 is 1.33 bits per heavy atom. The predicted octanol–water partition coefficient (Wildman–Crippen LogP) is 1.47. The Labute approximate surface area is 65.8 Å². The van der Waals surface area contributed by atoms with Gasteiger partial charge in [0.1, 0.15) is 0 Å². The van der Waals surface area contributed by atoms with Crippen molar-refractivity contribution in [3.05, 3.63) is 0 Å². The molecule has 0 aromatic rings. The zero-order chi connectivity index (χ0) is 5.15. The molecule has 0 aromatic carbocycles. The summed E-state index contributed by atoms with van der Waals surface area (Å²) in [5.41, 5.74) is 0. The molecule has 4 heteroatoms. The van der Waals surface area contributed by atoms with Gasteiger partial charge in [-0.05, 0) is 0 Å². The van der Waals surface area contributed by atoms with Crippen molar-refractivity contribution in [1.29, 1.82) is 0 Å². The van der Waals surface area contributed by atoms with Crippen molar-refractivity contribution in [1.82, 2.24) is 6.44 Å². The lowest BCUT2D eigenvalue weighted by atomic mass is 11.2. The molecule has 2 nitrogen and oxygen atoms in total. The molecule has 0 aromatic heterocycles. The Hall–Kier alpha value is 1.38. The normalized spacial score (nSPS) is 11.0. The van der Waals surface area contributed by atoms with E-state index in [1.54, 1.807) is 0 Å². The molecule has 0 saturated carbocycles. The van der Waals surface area contributed by atoms with Crippen molar-refractivity contribution < 1.29 is 0 Å². The zero-order valence-electron chi connectivity index (χ0n) is 3.65. The van der Waals surface area contributed by atoms with Crippen molar-refractivity contribution in [3.63, 3.8) is 0 Å². The van der Waals surface area contributed by atoms with Crippen molar-refractivity contribution in [2.45, 2.75) is 0 Å². The molecule has 0 spiro atoms. The Morgan fingerprint density at radius 1 is 1.17 bits per heavy atom. The summed E-state index contributed by atoms with van der Waals surface area (Å²) in [6.45, 7) is 0. The molecule has 0 radical (unpaired) electrons. The van der Waals surface area contributed by atoms with E-state index in [4.69, 9.17) is 0 Å². The zero-order valence-corrected chi connectivity index (χ0v) is 7.97. The largest absolute Gasteiger partial charge is 0.230 e. The SMILES string of the molecule is CN(C)N(I)I. The van der Waals surface area contributed by atoms with E-state index in [9.17, 15) is 0 Å². The second-order valence-corrected chi connectivity index (χ2v) is 4.74. The summed E-state index contributed by atoms with van der Waals surface area (Å²) in [5, 5.41) is 1.97. The van der Waals surface area contributed by atoms with Crippen LogP contribution in [-0.2, 0) is 0 Å². The van der Waals surface area contributed by atoms with Gasteiger partial charge in [-0.25, -0.2) is 5.01 Å². The van der Waals surface area contributed by atoms with Crippen LogP contribution in [0.15, 0.2) is 0 Å². The highest BCUT2D eigenvalue weighted by atomic mass is 127. The number of hydrogen-bond donors (Lipinski definition) is 0. The van der Waals surface area contributed by atoms with E-state index in [0.717, 1.165) is 0 Å². The number of rotatable bonds is 1. The first kappa shape index (κ1) is 7.38. The molecule has 0 aliphatic rings. The van der Waals surface area contributed by atoms with E-state index in [1.165, 1.54) is 0 Å². The number of hydrogen-bond acceptors (Lipinski definition) is 2. The highest BCUT2D eigenvalue weighted by Gasteiger charge is 1.90. The summed E-state index contributed by atoms with van der Waals surface area (Å²) in [4.78, 5) is 0. The Kier molecular flexibility index (Phi) is 4.17. The van der Waals surface area contributed by atoms with Crippen molar-refractivity contribution in [2.24, 2.45) is 0 Å². The Balaban J connectivity index is 2.99. The fraction of sp³-hybridized carbons (Fsp3) is 1.00. The van der Waals surface area contributed by atoms with Crippen LogP contribution in [0.2, 0.25) is 0 Å². The molecule has 0 atom stereocenters. The monoisotopic (exact) mass is 312 g/mol. The van der Waals surface area contributed by atoms with Gasteiger partial charge in [-0.2, -0.15) is 0 Å². The van der Waals surface area contributed by atoms with E-state index in [1.807, 2.05) is 20.5 Å². The van der Waals surface area contributed by atoms with Gasteiger partial charge in [-0.15, -0.1) is 1.44 Å². The first-order valence-corrected chi connectivity index (χ1v) is 3.36. The average molecular weight is 312 g/mol. The van der Waals surface area contributed by atoms with Crippen LogP contribution >= 0.6 is 45.7 Å². The second kappa shape index (κ2) is 3.39. The van der Waals surface area contributed by atoms with Gasteiger partial charge in [0.15, 0.2) is 0 Å². The molecular weight excluding hydrogens is 306 g/mol. The van der Waals surface area contributed by atoms with Gasteiger partial charge in [0.25, 0.3) is 0 Å². The Bertz CT molecular complexity index is 30.5. The van der Waals surface area contributed by atoms with Crippen LogP contribution in [0.5, 0.6) is 0 Å². The van der Waals surface area contributed by atoms with E-state index < -0.39 is 0 Å². The summed E-state index contributed by atoms with van der Waals surface area (Å²) in [6, 6.07) is 0. The van der Waals surface area contributed by atoms with E-state index in [0.29, 0.717) is 0 Å². The predicted molar refractivity (Wildman–Crippen MR) is 43.6 cm³/mol. The third-order valence-electron chi connectivity index (χ3n) is 0.302. The summed E-state index contributed by atoms with van der Waals surface area (Å²) in [7, 11) is 3.97. The molecule has 0 bridgehead atoms. The molecule has 0 aliphatic carbocycles. The lowest BCUT2D eigenvalue weighted by molar-refractivity contribution is 0.304. The average Bonchev–Trinajstić information content (AvgIpc) is 1.36. The maximum absolute atomic E-state index is 2.18. The summed E-state index contributed by atoms with van der Waals surface area (Å²) in [6.07, 6.45) is 0. The minimum Gasteiger partial charge on any atom is -0.230 e. The third-order valence-corrected chi connectivity index (χ3v) is 2.03. The summed E-state index contributed by atoms with van der Waals surface area (Å²) < 4.78 is 1.94. The molecule has 0 rings (SSSR count). The van der Waals surface area contributed by atoms with E-state index in [-0.39, 0.29) is 0 Å². The highest BCUT2D eigenvalue weighted by Crippen LogP contribution is 2.06. The quantitative estimate of drug-likeness (QED) is 0.411. The highest BCUT2D eigenvalue weighted by molar-refractivity contribution is 14.2. The molecule has 38 valence electrons. The van der Waals surface area contributed by atoms with Crippen molar-refractivity contribution in [2.75, 3.05) is 14.1 Å². The molecule has 0 heterocycles. The molecule has 0 aliphatic heterocycles. The maximum atomic E-state index is 2.18. The van der Waals surface area contributed by atoms with Gasteiger partial charge >= 0.3 is 0 Å². The molecule has 6 heavy (non-hydrogen) atoms. The molecule has 0 N–H and O–H groups in total. The standard InChI is InChI=1S/C2H6I2N2/c1-5(2)6(3)4/h1-2H3. The van der Waals surface area contributed by atoms with Crippen LogP contribution in [0.1, 0.15) is 0 Å². The number of nitrogens with zero attached hydrogens (tertiary/aromatic N) is 2. The van der Waals surface area contributed by atoms with Crippen LogP contribution < -0.4 is 0 Å². The first-order valence-electron chi connectivity index (χ1n) is 1.43. The number of hydrazine groups is 1. The van der Waals surface area contributed by atoms with Gasteiger partial charge in [0.05, 0.1) is 0 Å². The van der Waals surface area contributed by atoms with Gasteiger partial charge in [0, 0.05) is 59.8 Å². The molecule has 0 unspecified atom stereocenters. The van der Waals surface area contributed by atoms with Crippen molar-refractivity contribution in [3.8, 4) is 0 Å². The molecule has 0 fully saturated rings. The fourth-order valence-corrected chi connectivity index (χ4v) is 0. The molecular formula is C2H6I2N2. The third kappa shape index (κ3) is 3.57. The number of halogens is 2. The lowest BCUT2D eigenvalue weighted by Crippen LogP contribution is -2.17. The van der Waals surface area contributed by atoms with Gasteiger partial charge < -0.3 is 0 Å². The topological polar surface area (TPSA) is 6.48 Å². The smallest absolute Gasteiger partial charge is 0.0491 e. The lowest BCUT2D eigenvalue weighted by Gasteiger charge is -2.11. The molecule has 0 saturated heterocycles. The van der Waals surface area contributed by atoms with Gasteiger partial charge in [-0.3, -0.25) is 0 Å². The van der Waals surface area contributed by atoms with Gasteiger partial charge in [0.2, 0.25) is 0 Å². The summed E-state index contributed by atoms with van der Waals surface area (Å²) >= 11 is 4.36. The van der Waals surface area contributed by atoms with Crippen molar-refractivity contribution >= 4 is 45.7 Å². The molecule has 0 amide bonds.